The molecule has 0 saturated heterocycles. The number of nitrogens with zero attached hydrogens (tertiary/aromatic N) is 1. The van der Waals surface area contributed by atoms with Crippen LogP contribution in [0.15, 0.2) is 30.0 Å². The first-order chi connectivity index (χ1) is 8.43. The molecule has 1 heterocycles. The van der Waals surface area contributed by atoms with Crippen LogP contribution in [0.2, 0.25) is 0 Å². The Morgan fingerprint density at radius 3 is 2.67 bits per heavy atom. The number of rotatable bonds is 0. The first-order valence-corrected chi connectivity index (χ1v) is 6.05. The van der Waals surface area contributed by atoms with Gasteiger partial charge in [0.1, 0.15) is 5.41 Å². The lowest BCUT2D eigenvalue weighted by Crippen LogP contribution is -2.40. The molecule has 1 aromatic rings. The maximum atomic E-state index is 13.3. The lowest BCUT2D eigenvalue weighted by molar-refractivity contribution is -0.208. The van der Waals surface area contributed by atoms with E-state index in [4.69, 9.17) is 0 Å². The Kier molecular flexibility index (Phi) is 2.28. The minimum atomic E-state index is -4.24. The third-order valence-corrected chi connectivity index (χ3v) is 4.00. The molecule has 4 heteroatoms. The summed E-state index contributed by atoms with van der Waals surface area (Å²) in [6, 6.07) is 7.31. The van der Waals surface area contributed by atoms with Gasteiger partial charge in [0.2, 0.25) is 0 Å². The summed E-state index contributed by atoms with van der Waals surface area (Å²) in [5.74, 6) is 0. The monoisotopic (exact) mass is 252 g/mol. The molecule has 0 saturated carbocycles. The summed E-state index contributed by atoms with van der Waals surface area (Å²) in [7, 11) is 0. The van der Waals surface area contributed by atoms with Crippen LogP contribution < -0.4 is 5.32 Å². The van der Waals surface area contributed by atoms with Crippen molar-refractivity contribution in [3.8, 4) is 0 Å². The first kappa shape index (κ1) is 11.6. The Bertz CT molecular complexity index is 530. The van der Waals surface area contributed by atoms with Gasteiger partial charge in [0.15, 0.2) is 0 Å². The smallest absolute Gasteiger partial charge is 0.252 e. The van der Waals surface area contributed by atoms with E-state index in [1.165, 1.54) is 6.92 Å². The molecule has 0 fully saturated rings. The summed E-state index contributed by atoms with van der Waals surface area (Å²) in [6.07, 6.45) is -2.84. The third kappa shape index (κ3) is 1.41. The minimum absolute atomic E-state index is 0.132. The number of fused-ring (bicyclic) bond motifs is 2. The highest BCUT2D eigenvalue weighted by atomic mass is 19.4. The Balaban J connectivity index is 2.14. The molecule has 1 nitrogen and oxygen atoms in total. The van der Waals surface area contributed by atoms with Crippen molar-refractivity contribution in [1.29, 1.82) is 0 Å². The van der Waals surface area contributed by atoms with E-state index in [1.54, 1.807) is 6.07 Å². The molecule has 1 radical (unpaired) electrons. The zero-order valence-electron chi connectivity index (χ0n) is 10.0. The van der Waals surface area contributed by atoms with Gasteiger partial charge < -0.3 is 0 Å². The number of hydrogen-bond acceptors (Lipinski definition) is 0. The fraction of sp³-hybridized carbons (Fsp3) is 0.429. The van der Waals surface area contributed by atoms with Gasteiger partial charge >= 0.3 is 6.18 Å². The van der Waals surface area contributed by atoms with E-state index >= 15 is 0 Å². The number of para-hydroxylation sites is 1. The van der Waals surface area contributed by atoms with E-state index in [-0.39, 0.29) is 12.1 Å². The van der Waals surface area contributed by atoms with E-state index in [9.17, 15) is 13.2 Å². The van der Waals surface area contributed by atoms with E-state index in [0.29, 0.717) is 18.5 Å². The highest BCUT2D eigenvalue weighted by molar-refractivity contribution is 5.83. The highest BCUT2D eigenvalue weighted by Crippen LogP contribution is 2.56. The van der Waals surface area contributed by atoms with Crippen molar-refractivity contribution in [2.24, 2.45) is 5.41 Å². The molecule has 1 aliphatic heterocycles. The van der Waals surface area contributed by atoms with Gasteiger partial charge in [0.25, 0.3) is 0 Å². The topological polar surface area (TPSA) is 14.1 Å². The van der Waals surface area contributed by atoms with Crippen LogP contribution in [0.5, 0.6) is 0 Å². The standard InChI is InChI=1S/C14H13F3N/c1-13(14(15,16)17)8-4-6-10-9-5-2-3-7-11(9)18-12(10)13/h2-3,5,7H,4,6,8H2,1H3. The van der Waals surface area contributed by atoms with Crippen LogP contribution in [0.3, 0.4) is 0 Å². The van der Waals surface area contributed by atoms with Gasteiger partial charge in [-0.15, -0.1) is 0 Å². The van der Waals surface area contributed by atoms with Crippen LogP contribution in [0.4, 0.5) is 18.9 Å². The van der Waals surface area contributed by atoms with E-state index < -0.39 is 11.6 Å². The van der Waals surface area contributed by atoms with E-state index in [0.717, 1.165) is 11.1 Å². The predicted octanol–water partition coefficient (Wildman–Crippen LogP) is 4.40. The molecule has 1 aliphatic carbocycles. The molecule has 18 heavy (non-hydrogen) atoms. The molecular formula is C14H13F3N. The average molecular weight is 252 g/mol. The Hall–Kier alpha value is -1.45. The van der Waals surface area contributed by atoms with E-state index in [1.807, 2.05) is 18.2 Å². The quantitative estimate of drug-likeness (QED) is 0.649. The summed E-state index contributed by atoms with van der Waals surface area (Å²) >= 11 is 0. The van der Waals surface area contributed by atoms with Crippen LogP contribution in [0.1, 0.15) is 31.7 Å². The van der Waals surface area contributed by atoms with Crippen LogP contribution in [0.25, 0.3) is 5.57 Å². The van der Waals surface area contributed by atoms with Gasteiger partial charge in [0, 0.05) is 5.56 Å². The summed E-state index contributed by atoms with van der Waals surface area (Å²) in [4.78, 5) is 0. The van der Waals surface area contributed by atoms with Crippen molar-refractivity contribution >= 4 is 11.3 Å². The molecule has 0 amide bonds. The number of allylic oxidation sites excluding steroid dienone is 2. The molecule has 2 aliphatic rings. The van der Waals surface area contributed by atoms with Gasteiger partial charge in [-0.05, 0) is 37.8 Å². The Labute approximate surface area is 104 Å². The number of alkyl halides is 3. The van der Waals surface area contributed by atoms with Crippen LogP contribution >= 0.6 is 0 Å². The Morgan fingerprint density at radius 2 is 1.94 bits per heavy atom. The normalized spacial score (nSPS) is 26.7. The number of benzene rings is 1. The van der Waals surface area contributed by atoms with Crippen LogP contribution in [-0.2, 0) is 0 Å². The van der Waals surface area contributed by atoms with Crippen molar-refractivity contribution < 1.29 is 13.2 Å². The minimum Gasteiger partial charge on any atom is -0.252 e. The fourth-order valence-corrected chi connectivity index (χ4v) is 2.86. The second-order valence-electron chi connectivity index (χ2n) is 5.14. The molecular weight excluding hydrogens is 239 g/mol. The molecule has 1 aromatic carbocycles. The first-order valence-electron chi connectivity index (χ1n) is 6.05. The fourth-order valence-electron chi connectivity index (χ4n) is 2.86. The number of halogens is 3. The van der Waals surface area contributed by atoms with Gasteiger partial charge in [0.05, 0.1) is 11.4 Å². The highest BCUT2D eigenvalue weighted by Gasteiger charge is 2.57. The van der Waals surface area contributed by atoms with Crippen molar-refractivity contribution in [2.45, 2.75) is 32.4 Å². The summed E-state index contributed by atoms with van der Waals surface area (Å²) < 4.78 is 39.9. The van der Waals surface area contributed by atoms with E-state index in [2.05, 4.69) is 5.32 Å². The number of hydrogen-bond donors (Lipinski definition) is 0. The zero-order valence-corrected chi connectivity index (χ0v) is 10.0. The van der Waals surface area contributed by atoms with Crippen LogP contribution in [0, 0.1) is 5.41 Å². The molecule has 95 valence electrons. The summed E-state index contributed by atoms with van der Waals surface area (Å²) in [5, 5.41) is 4.25. The van der Waals surface area contributed by atoms with Crippen molar-refractivity contribution in [3.63, 3.8) is 0 Å². The SMILES string of the molecule is CC1(C(F)(F)F)CCCC2=C1[N]c1ccccc12. The van der Waals surface area contributed by atoms with Crippen molar-refractivity contribution in [3.05, 3.63) is 35.5 Å². The molecule has 0 aromatic heterocycles. The lowest BCUT2D eigenvalue weighted by Gasteiger charge is -2.36. The predicted molar refractivity (Wildman–Crippen MR) is 63.2 cm³/mol. The molecule has 0 spiro atoms. The third-order valence-electron chi connectivity index (χ3n) is 4.00. The zero-order chi connectivity index (χ0) is 13.0. The maximum Gasteiger partial charge on any atom is 0.399 e. The Morgan fingerprint density at radius 1 is 1.22 bits per heavy atom. The van der Waals surface area contributed by atoms with Gasteiger partial charge in [-0.3, -0.25) is 5.32 Å². The van der Waals surface area contributed by atoms with Gasteiger partial charge in [-0.2, -0.15) is 13.2 Å². The van der Waals surface area contributed by atoms with Crippen LogP contribution in [-0.4, -0.2) is 6.18 Å². The lowest BCUT2D eigenvalue weighted by atomic mass is 9.74. The van der Waals surface area contributed by atoms with Gasteiger partial charge in [-0.25, -0.2) is 0 Å². The second kappa shape index (κ2) is 3.53. The molecule has 1 unspecified atom stereocenters. The second-order valence-corrected chi connectivity index (χ2v) is 5.14. The summed E-state index contributed by atoms with van der Waals surface area (Å²) in [5.41, 5.74) is 0.793. The van der Waals surface area contributed by atoms with Crippen molar-refractivity contribution in [1.82, 2.24) is 5.32 Å². The molecule has 1 atom stereocenters. The maximum absolute atomic E-state index is 13.3. The molecule has 0 N–H and O–H groups in total. The molecule has 0 bridgehead atoms. The summed E-state index contributed by atoms with van der Waals surface area (Å²) in [6.45, 7) is 1.27. The largest absolute Gasteiger partial charge is 0.399 e. The average Bonchev–Trinajstić information content (AvgIpc) is 2.68. The van der Waals surface area contributed by atoms with Crippen molar-refractivity contribution in [2.75, 3.05) is 0 Å². The molecule has 3 rings (SSSR count). The van der Waals surface area contributed by atoms with Gasteiger partial charge in [-0.1, -0.05) is 18.2 Å².